The number of hydrogen-bond donors (Lipinski definition) is 0. The minimum atomic E-state index is -1.88. The summed E-state index contributed by atoms with van der Waals surface area (Å²) in [6.07, 6.45) is 47.2. The summed E-state index contributed by atoms with van der Waals surface area (Å²) < 4.78 is 0. The third-order valence-corrected chi connectivity index (χ3v) is 11.3. The summed E-state index contributed by atoms with van der Waals surface area (Å²) in [5, 5.41) is 0. The van der Waals surface area contributed by atoms with Crippen LogP contribution in [0.15, 0.2) is 48.6 Å². The van der Waals surface area contributed by atoms with Gasteiger partial charge < -0.3 is 0 Å². The molecule has 5 heteroatoms. The Morgan fingerprint density at radius 2 is 1.03 bits per heavy atom. The van der Waals surface area contributed by atoms with E-state index in [4.69, 9.17) is 17.0 Å². The van der Waals surface area contributed by atoms with Crippen molar-refractivity contribution in [1.29, 1.82) is 0 Å². The molecule has 0 unspecified atom stereocenters. The van der Waals surface area contributed by atoms with Gasteiger partial charge in [0.1, 0.15) is 0 Å². The van der Waals surface area contributed by atoms with E-state index in [1.165, 1.54) is 35.6 Å². The molecule has 0 aromatic heterocycles. The van der Waals surface area contributed by atoms with Crippen LogP contribution in [-0.4, -0.2) is 8.07 Å². The predicted molar refractivity (Wildman–Crippen MR) is 148 cm³/mol. The van der Waals surface area contributed by atoms with E-state index in [0.717, 1.165) is 6.42 Å². The summed E-state index contributed by atoms with van der Waals surface area (Å²) in [4.78, 5) is 0. The quantitative estimate of drug-likeness (QED) is 0.267. The molecule has 0 N–H and O–H groups in total. The first-order chi connectivity index (χ1) is 17.2. The molecule has 0 heterocycles. The van der Waals surface area contributed by atoms with Gasteiger partial charge in [-0.2, -0.15) is 0 Å². The largest absolute Gasteiger partial charge is 2.00 e. The molecule has 20 radical (unpaired) electrons. The molecule has 178 valence electrons. The van der Waals surface area contributed by atoms with Gasteiger partial charge in [-0.3, -0.25) is 0 Å². The standard InChI is InChI=1S/C26H23Si.C5H5.2ClH.Fe.Zr/c1-27(19-18-20-8-2-3-9-20,25-16-14-21-10-4-6-12-23(21)25)26-17-15-22-11-5-7-13-24(22)26;1-2-4-5-3-1;;;;/h2-17H,18-19H2,1H3;1-5H;2*1H;;/q;;;;+2;+4/p-2. The van der Waals surface area contributed by atoms with Crippen LogP contribution in [0.3, 0.4) is 0 Å². The minimum absolute atomic E-state index is 0. The van der Waals surface area contributed by atoms with Gasteiger partial charge >= 0.3 is 54.9 Å². The smallest absolute Gasteiger partial charge is 2.00 e. The number of halogens is 2. The maximum atomic E-state index is 4.93. The Balaban J connectivity index is 0.000000348. The molecule has 4 fully saturated rings. The van der Waals surface area contributed by atoms with Gasteiger partial charge in [0.2, 0.25) is 0 Å². The predicted octanol–water partition coefficient (Wildman–Crippen LogP) is 7.88. The summed E-state index contributed by atoms with van der Waals surface area (Å²) in [6.45, 7) is 2.57. The third-order valence-electron chi connectivity index (χ3n) is 6.75. The molecule has 0 saturated heterocycles. The van der Waals surface area contributed by atoms with Crippen molar-refractivity contribution in [2.24, 2.45) is 0 Å². The van der Waals surface area contributed by atoms with Crippen molar-refractivity contribution in [1.82, 2.24) is 0 Å². The fourth-order valence-electron chi connectivity index (χ4n) is 4.97. The summed E-state index contributed by atoms with van der Waals surface area (Å²) >= 11 is -0.826. The van der Waals surface area contributed by atoms with Crippen molar-refractivity contribution in [3.05, 3.63) is 173 Å². The normalized spacial score (nSPS) is 25.1. The molecule has 6 rings (SSSR count). The van der Waals surface area contributed by atoms with Crippen LogP contribution in [0.5, 0.6) is 0 Å². The molecule has 4 saturated carbocycles. The Labute approximate surface area is 252 Å². The molecule has 6 aliphatic rings. The van der Waals surface area contributed by atoms with Crippen LogP contribution < -0.4 is 0 Å². The molecule has 0 aromatic carbocycles. The first-order valence-corrected chi connectivity index (χ1v) is 20.8. The van der Waals surface area contributed by atoms with Crippen LogP contribution >= 0.6 is 17.0 Å². The first kappa shape index (κ1) is 31.7. The van der Waals surface area contributed by atoms with Gasteiger partial charge in [0.15, 0.2) is 0 Å². The summed E-state index contributed by atoms with van der Waals surface area (Å²) in [5.74, 6) is 7.09. The van der Waals surface area contributed by atoms with Gasteiger partial charge in [0.25, 0.3) is 0 Å². The van der Waals surface area contributed by atoms with E-state index >= 15 is 0 Å². The van der Waals surface area contributed by atoms with E-state index in [2.05, 4.69) is 107 Å². The Morgan fingerprint density at radius 3 is 1.47 bits per heavy atom. The molecule has 0 amide bonds. The van der Waals surface area contributed by atoms with Crippen LogP contribution in [-0.2, 0) is 37.9 Å². The Hall–Kier alpha value is 1.16. The average molecular weight is 647 g/mol. The van der Waals surface area contributed by atoms with E-state index in [0.29, 0.717) is 0 Å². The van der Waals surface area contributed by atoms with Crippen molar-refractivity contribution < 1.29 is 37.9 Å². The average Bonchev–Trinajstić information content (AvgIpc) is 3.71. The zero-order valence-electron chi connectivity index (χ0n) is 20.1. The van der Waals surface area contributed by atoms with E-state index in [9.17, 15) is 0 Å². The number of fused-ring (bicyclic) bond motifs is 2. The molecule has 0 aromatic rings. The van der Waals surface area contributed by atoms with Crippen LogP contribution in [0.2, 0.25) is 12.6 Å². The number of allylic oxidation sites excluding steroid dienone is 8. The molecule has 0 atom stereocenters. The monoisotopic (exact) mass is 644 g/mol. The van der Waals surface area contributed by atoms with Crippen molar-refractivity contribution >= 4 is 25.1 Å². The first-order valence-electron chi connectivity index (χ1n) is 11.8. The zero-order valence-corrected chi connectivity index (χ0v) is 26.2. The maximum Gasteiger partial charge on any atom is 2.00 e. The molecule has 0 bridgehead atoms. The van der Waals surface area contributed by atoms with Gasteiger partial charge in [-0.25, -0.2) is 0 Å². The van der Waals surface area contributed by atoms with Crippen LogP contribution in [0.25, 0.3) is 0 Å². The SMILES string of the molecule is C[Si](CC[C]1[CH][CH][CH][CH]1)([C]1[CH][CH][C]2C=CC=C[C]21)[C]1[CH][CH][C]2C=CC=C[C]21.[CH]1[CH][CH][CH][CH]1.[Cl][Zr+2][Cl].[Fe+2]. The van der Waals surface area contributed by atoms with Gasteiger partial charge in [-0.05, 0) is 107 Å². The third kappa shape index (κ3) is 8.10. The molecule has 6 aliphatic carbocycles. The topological polar surface area (TPSA) is 0 Å². The fourth-order valence-corrected chi connectivity index (χ4v) is 9.14. The van der Waals surface area contributed by atoms with Crippen molar-refractivity contribution in [3.63, 3.8) is 0 Å². The molecule has 36 heavy (non-hydrogen) atoms. The number of rotatable bonds is 5. The van der Waals surface area contributed by atoms with Crippen molar-refractivity contribution in [2.75, 3.05) is 0 Å². The molecule has 0 aliphatic heterocycles. The van der Waals surface area contributed by atoms with E-state index in [1.54, 1.807) is 11.1 Å². The summed E-state index contributed by atoms with van der Waals surface area (Å²) in [7, 11) is 7.99. The van der Waals surface area contributed by atoms with Crippen LogP contribution in [0, 0.1) is 124 Å². The van der Waals surface area contributed by atoms with Gasteiger partial charge in [0.05, 0.1) is 8.07 Å². The second-order valence-corrected chi connectivity index (χ2v) is 16.8. The number of hydrogen-bond acceptors (Lipinski definition) is 0. The Bertz CT molecular complexity index is 704. The van der Waals surface area contributed by atoms with E-state index < -0.39 is 28.9 Å². The Kier molecular flexibility index (Phi) is 14.5. The van der Waals surface area contributed by atoms with E-state index in [-0.39, 0.29) is 17.1 Å². The molecular formula is C31H28Cl2FeSiZr+4. The summed E-state index contributed by atoms with van der Waals surface area (Å²) in [6, 6.07) is 1.24. The fraction of sp³-hybridized carbons (Fsp3) is 0.0968. The van der Waals surface area contributed by atoms with Crippen LogP contribution in [0.1, 0.15) is 6.42 Å². The van der Waals surface area contributed by atoms with Crippen molar-refractivity contribution in [2.45, 2.75) is 19.0 Å². The van der Waals surface area contributed by atoms with Gasteiger partial charge in [0, 0.05) is 23.7 Å². The minimum Gasteiger partial charge on any atom is 2.00 e. The maximum absolute atomic E-state index is 4.93. The summed E-state index contributed by atoms with van der Waals surface area (Å²) in [5.41, 5.74) is 3.17. The molecule has 0 nitrogen and oxygen atoms in total. The van der Waals surface area contributed by atoms with Crippen LogP contribution in [0.4, 0.5) is 0 Å². The second-order valence-electron chi connectivity index (χ2n) is 8.83. The van der Waals surface area contributed by atoms with Crippen molar-refractivity contribution in [3.8, 4) is 0 Å². The Morgan fingerprint density at radius 1 is 0.611 bits per heavy atom. The molecule has 0 spiro atoms. The molecular weight excluding hydrogens is 618 g/mol. The van der Waals surface area contributed by atoms with Gasteiger partial charge in [-0.1, -0.05) is 61.2 Å². The second kappa shape index (κ2) is 16.4. The zero-order chi connectivity index (χ0) is 24.5. The van der Waals surface area contributed by atoms with Gasteiger partial charge in [-0.15, -0.1) is 0 Å². The van der Waals surface area contributed by atoms with E-state index in [1.807, 2.05) is 32.1 Å².